The zero-order valence-electron chi connectivity index (χ0n) is 17.7. The van der Waals surface area contributed by atoms with Gasteiger partial charge in [-0.05, 0) is 61.1 Å². The van der Waals surface area contributed by atoms with E-state index in [-0.39, 0.29) is 0 Å². The van der Waals surface area contributed by atoms with Crippen molar-refractivity contribution in [3.8, 4) is 16.2 Å². The second-order valence-electron chi connectivity index (χ2n) is 7.75. The van der Waals surface area contributed by atoms with Crippen LogP contribution in [0.2, 0.25) is 0 Å². The van der Waals surface area contributed by atoms with Crippen LogP contribution >= 0.6 is 11.3 Å². The highest BCUT2D eigenvalue weighted by atomic mass is 32.2. The number of nitrogens with zero attached hydrogens (tertiary/aromatic N) is 2. The van der Waals surface area contributed by atoms with Crippen LogP contribution in [0.1, 0.15) is 18.4 Å². The minimum absolute atomic E-state index is 0.316. The molecule has 0 spiro atoms. The Morgan fingerprint density at radius 3 is 2.52 bits per heavy atom. The first-order valence-electron chi connectivity index (χ1n) is 10.4. The van der Waals surface area contributed by atoms with E-state index in [0.29, 0.717) is 29.7 Å². The van der Waals surface area contributed by atoms with E-state index in [0.717, 1.165) is 29.4 Å². The number of ether oxygens (including phenoxy) is 1. The van der Waals surface area contributed by atoms with E-state index in [1.165, 1.54) is 11.1 Å². The Kier molecular flexibility index (Phi) is 6.60. The summed E-state index contributed by atoms with van der Waals surface area (Å²) < 4.78 is 32.5. The molecule has 0 aliphatic carbocycles. The topological polar surface area (TPSA) is 71.5 Å². The number of benzene rings is 2. The van der Waals surface area contributed by atoms with E-state index in [9.17, 15) is 8.42 Å². The normalized spacial score (nSPS) is 15.7. The Hall–Kier alpha value is -2.42. The first-order chi connectivity index (χ1) is 15.0. The van der Waals surface area contributed by atoms with Crippen molar-refractivity contribution in [2.75, 3.05) is 32.1 Å². The molecule has 1 aliphatic rings. The monoisotopic (exact) mass is 457 g/mol. The third-order valence-electron chi connectivity index (χ3n) is 5.73. The van der Waals surface area contributed by atoms with Crippen molar-refractivity contribution in [2.24, 2.45) is 5.92 Å². The third-order valence-corrected chi connectivity index (χ3v) is 8.63. The van der Waals surface area contributed by atoms with Gasteiger partial charge < -0.3 is 10.1 Å². The van der Waals surface area contributed by atoms with E-state index >= 15 is 0 Å². The molecule has 164 valence electrons. The number of hydrogen-bond acceptors (Lipinski definition) is 6. The number of rotatable bonds is 7. The van der Waals surface area contributed by atoms with Crippen molar-refractivity contribution in [1.82, 2.24) is 9.29 Å². The highest BCUT2D eigenvalue weighted by molar-refractivity contribution is 7.89. The number of anilines is 1. The molecule has 0 unspecified atom stereocenters. The van der Waals surface area contributed by atoms with Gasteiger partial charge in [0.15, 0.2) is 5.13 Å². The average Bonchev–Trinajstić information content (AvgIpc) is 3.27. The molecular formula is C23H27N3O3S2. The van der Waals surface area contributed by atoms with Crippen LogP contribution in [0.25, 0.3) is 10.4 Å². The molecule has 0 bridgehead atoms. The number of nitrogens with one attached hydrogen (secondary N) is 1. The van der Waals surface area contributed by atoms with Gasteiger partial charge in [0, 0.05) is 25.8 Å². The maximum absolute atomic E-state index is 12.9. The lowest BCUT2D eigenvalue weighted by molar-refractivity contribution is 0.282. The van der Waals surface area contributed by atoms with Gasteiger partial charge in [0.05, 0.1) is 16.9 Å². The lowest BCUT2D eigenvalue weighted by Gasteiger charge is -2.31. The zero-order valence-corrected chi connectivity index (χ0v) is 19.4. The van der Waals surface area contributed by atoms with Crippen molar-refractivity contribution in [3.63, 3.8) is 0 Å². The van der Waals surface area contributed by atoms with Crippen molar-refractivity contribution in [3.05, 3.63) is 60.3 Å². The van der Waals surface area contributed by atoms with Gasteiger partial charge in [-0.2, -0.15) is 4.31 Å². The van der Waals surface area contributed by atoms with E-state index in [2.05, 4.69) is 29.4 Å². The molecular weight excluding hydrogens is 430 g/mol. The molecule has 3 aromatic rings. The summed E-state index contributed by atoms with van der Waals surface area (Å²) in [5, 5.41) is 4.36. The van der Waals surface area contributed by atoms with Crippen LogP contribution in [0.5, 0.6) is 5.75 Å². The van der Waals surface area contributed by atoms with E-state index in [1.54, 1.807) is 47.0 Å². The second-order valence-corrected chi connectivity index (χ2v) is 10.7. The third kappa shape index (κ3) is 4.92. The highest BCUT2D eigenvalue weighted by Crippen LogP contribution is 2.32. The summed E-state index contributed by atoms with van der Waals surface area (Å²) >= 11 is 1.66. The largest absolute Gasteiger partial charge is 0.497 e. The van der Waals surface area contributed by atoms with Gasteiger partial charge in [-0.15, -0.1) is 0 Å². The smallest absolute Gasteiger partial charge is 0.243 e. The van der Waals surface area contributed by atoms with Gasteiger partial charge in [-0.3, -0.25) is 0 Å². The molecule has 2 heterocycles. The Morgan fingerprint density at radius 1 is 1.13 bits per heavy atom. The van der Waals surface area contributed by atoms with Crippen LogP contribution in [-0.2, 0) is 10.0 Å². The first-order valence-corrected chi connectivity index (χ1v) is 12.6. The molecule has 0 saturated carbocycles. The molecule has 6 nitrogen and oxygen atoms in total. The van der Waals surface area contributed by atoms with Crippen molar-refractivity contribution in [2.45, 2.75) is 24.7 Å². The van der Waals surface area contributed by atoms with Gasteiger partial charge >= 0.3 is 0 Å². The number of aryl methyl sites for hydroxylation is 1. The van der Waals surface area contributed by atoms with Crippen molar-refractivity contribution < 1.29 is 13.2 Å². The van der Waals surface area contributed by atoms with Crippen LogP contribution in [-0.4, -0.2) is 44.5 Å². The quantitative estimate of drug-likeness (QED) is 0.560. The fourth-order valence-corrected chi connectivity index (χ4v) is 6.20. The minimum atomic E-state index is -3.46. The molecule has 8 heteroatoms. The van der Waals surface area contributed by atoms with Crippen LogP contribution in [0.15, 0.2) is 59.6 Å². The number of piperidine rings is 1. The molecule has 2 aromatic carbocycles. The second kappa shape index (κ2) is 9.38. The summed E-state index contributed by atoms with van der Waals surface area (Å²) in [7, 11) is -1.89. The first kappa shape index (κ1) is 21.8. The average molecular weight is 458 g/mol. The Labute approximate surface area is 188 Å². The summed E-state index contributed by atoms with van der Waals surface area (Å²) in [4.78, 5) is 5.99. The van der Waals surface area contributed by atoms with Crippen molar-refractivity contribution >= 4 is 26.5 Å². The van der Waals surface area contributed by atoms with E-state index < -0.39 is 10.0 Å². The fraction of sp³-hybridized carbons (Fsp3) is 0.348. The molecule has 31 heavy (non-hydrogen) atoms. The van der Waals surface area contributed by atoms with Gasteiger partial charge in [-0.1, -0.05) is 35.6 Å². The summed E-state index contributed by atoms with van der Waals surface area (Å²) in [6.07, 6.45) is 3.58. The predicted octanol–water partition coefficient (Wildman–Crippen LogP) is 4.64. The van der Waals surface area contributed by atoms with Crippen LogP contribution in [0, 0.1) is 12.8 Å². The molecule has 1 aliphatic heterocycles. The fourth-order valence-electron chi connectivity index (χ4n) is 3.81. The summed E-state index contributed by atoms with van der Waals surface area (Å²) in [6.45, 7) is 3.98. The van der Waals surface area contributed by atoms with Crippen LogP contribution in [0.3, 0.4) is 0 Å². The molecule has 0 atom stereocenters. The maximum atomic E-state index is 12.9. The van der Waals surface area contributed by atoms with Gasteiger partial charge in [0.1, 0.15) is 5.75 Å². The number of methoxy groups -OCH3 is 1. The van der Waals surface area contributed by atoms with Crippen LogP contribution in [0.4, 0.5) is 5.13 Å². The van der Waals surface area contributed by atoms with Crippen molar-refractivity contribution in [1.29, 1.82) is 0 Å². The molecule has 1 fully saturated rings. The standard InChI is InChI=1S/C23H27N3O3S2/c1-17-5-3-4-6-21(17)22-16-25-23(30-22)24-15-18-11-13-26(14-12-18)31(27,28)20-9-7-19(29-2)8-10-20/h3-10,16,18H,11-15H2,1-2H3,(H,24,25). The molecule has 1 aromatic heterocycles. The number of thiazole rings is 1. The van der Waals surface area contributed by atoms with Gasteiger partial charge in [-0.25, -0.2) is 13.4 Å². The highest BCUT2D eigenvalue weighted by Gasteiger charge is 2.29. The minimum Gasteiger partial charge on any atom is -0.497 e. The number of aromatic nitrogens is 1. The predicted molar refractivity (Wildman–Crippen MR) is 125 cm³/mol. The van der Waals surface area contributed by atoms with E-state index in [4.69, 9.17) is 4.74 Å². The number of sulfonamides is 1. The molecule has 0 radical (unpaired) electrons. The summed E-state index contributed by atoms with van der Waals surface area (Å²) in [6, 6.07) is 14.9. The summed E-state index contributed by atoms with van der Waals surface area (Å²) in [5.74, 6) is 1.07. The molecule has 1 saturated heterocycles. The Morgan fingerprint density at radius 2 is 1.84 bits per heavy atom. The molecule has 1 N–H and O–H groups in total. The van der Waals surface area contributed by atoms with Gasteiger partial charge in [0.25, 0.3) is 0 Å². The zero-order chi connectivity index (χ0) is 21.8. The molecule has 4 rings (SSSR count). The number of hydrogen-bond donors (Lipinski definition) is 1. The van der Waals surface area contributed by atoms with Crippen LogP contribution < -0.4 is 10.1 Å². The van der Waals surface area contributed by atoms with Gasteiger partial charge in [0.2, 0.25) is 10.0 Å². The lowest BCUT2D eigenvalue weighted by Crippen LogP contribution is -2.39. The lowest BCUT2D eigenvalue weighted by atomic mass is 9.98. The Balaban J connectivity index is 1.31. The molecule has 0 amide bonds. The Bertz CT molecular complexity index is 1120. The van der Waals surface area contributed by atoms with E-state index in [1.807, 2.05) is 18.3 Å². The maximum Gasteiger partial charge on any atom is 0.243 e. The summed E-state index contributed by atoms with van der Waals surface area (Å²) in [5.41, 5.74) is 2.45. The SMILES string of the molecule is COc1ccc(S(=O)(=O)N2CCC(CNc3ncc(-c4ccccc4C)s3)CC2)cc1.